The second kappa shape index (κ2) is 10.1. The summed E-state index contributed by atoms with van der Waals surface area (Å²) < 4.78 is 69.2. The molecule has 2 heterocycles. The Bertz CT molecular complexity index is 1160. The lowest BCUT2D eigenvalue weighted by molar-refractivity contribution is -0.137. The van der Waals surface area contributed by atoms with E-state index >= 15 is 0 Å². The van der Waals surface area contributed by atoms with Crippen LogP contribution in [-0.2, 0) is 18.3 Å². The minimum absolute atomic E-state index is 0.0112. The number of likely N-dealkylation sites (tertiary alicyclic amines) is 1. The van der Waals surface area contributed by atoms with Gasteiger partial charge < -0.3 is 10.0 Å². The molecule has 36 heavy (non-hydrogen) atoms. The number of piperidine rings is 1. The molecule has 3 aromatic rings. The van der Waals surface area contributed by atoms with E-state index in [1.165, 1.54) is 29.5 Å². The van der Waals surface area contributed by atoms with Gasteiger partial charge in [0.2, 0.25) is 0 Å². The van der Waals surface area contributed by atoms with Crippen LogP contribution in [0.5, 0.6) is 0 Å². The maximum absolute atomic E-state index is 14.8. The highest BCUT2D eigenvalue weighted by atomic mass is 19.4. The molecular formula is C25H28F5N5O. The zero-order valence-corrected chi connectivity index (χ0v) is 20.0. The SMILES string of the molecule is C[C@@H](N1CCC(N(C)c2cccc(C(F)(F)F)c2)CC1)[C@](O)(Cn1cncn1)c1ccc(F)cc1F. The average molecular weight is 510 g/mol. The number of nitrogens with zero attached hydrogens (tertiary/aromatic N) is 5. The van der Waals surface area contributed by atoms with Gasteiger partial charge in [-0.25, -0.2) is 18.4 Å². The topological polar surface area (TPSA) is 57.4 Å². The molecule has 11 heteroatoms. The van der Waals surface area contributed by atoms with E-state index in [9.17, 15) is 27.1 Å². The van der Waals surface area contributed by atoms with Crippen molar-refractivity contribution in [2.45, 2.75) is 50.2 Å². The number of benzene rings is 2. The van der Waals surface area contributed by atoms with Gasteiger partial charge in [-0.1, -0.05) is 12.1 Å². The summed E-state index contributed by atoms with van der Waals surface area (Å²) in [5.41, 5.74) is -2.01. The van der Waals surface area contributed by atoms with Gasteiger partial charge in [-0.3, -0.25) is 4.90 Å². The summed E-state index contributed by atoms with van der Waals surface area (Å²) in [4.78, 5) is 7.74. The predicted octanol–water partition coefficient (Wildman–Crippen LogP) is 4.45. The van der Waals surface area contributed by atoms with E-state index < -0.39 is 35.0 Å². The molecule has 0 radical (unpaired) electrons. The molecule has 2 atom stereocenters. The van der Waals surface area contributed by atoms with Crippen molar-refractivity contribution in [3.05, 3.63) is 77.9 Å². The van der Waals surface area contributed by atoms with Gasteiger partial charge in [0.1, 0.15) is 29.9 Å². The van der Waals surface area contributed by atoms with Gasteiger partial charge in [0, 0.05) is 49.5 Å². The monoisotopic (exact) mass is 509 g/mol. The standard InChI is InChI=1S/C25H28F5N5O/c1-17(24(36,14-35-16-31-15-32-35)22-7-6-19(26)13-23(22)27)34-10-8-20(9-11-34)33(2)21-5-3-4-18(12-21)25(28,29)30/h3-7,12-13,15-17,20,36H,8-11,14H2,1-2H3/t17-,24-/m1/s1. The van der Waals surface area contributed by atoms with Crippen molar-refractivity contribution in [2.24, 2.45) is 0 Å². The van der Waals surface area contributed by atoms with Crippen molar-refractivity contribution < 1.29 is 27.1 Å². The number of hydrogen-bond donors (Lipinski definition) is 1. The molecule has 0 saturated carbocycles. The summed E-state index contributed by atoms with van der Waals surface area (Å²) in [5, 5.41) is 15.8. The second-order valence-corrected chi connectivity index (χ2v) is 9.24. The summed E-state index contributed by atoms with van der Waals surface area (Å²) in [5.74, 6) is -1.60. The quantitative estimate of drug-likeness (QED) is 0.477. The van der Waals surface area contributed by atoms with Gasteiger partial charge in [0.05, 0.1) is 12.1 Å². The first-order valence-corrected chi connectivity index (χ1v) is 11.6. The van der Waals surface area contributed by atoms with Crippen molar-refractivity contribution in [1.82, 2.24) is 19.7 Å². The molecule has 1 saturated heterocycles. The van der Waals surface area contributed by atoms with Crippen molar-refractivity contribution in [3.8, 4) is 0 Å². The third-order valence-electron chi connectivity index (χ3n) is 7.13. The summed E-state index contributed by atoms with van der Waals surface area (Å²) in [6.45, 7) is 2.73. The van der Waals surface area contributed by atoms with Crippen LogP contribution in [0.3, 0.4) is 0 Å². The van der Waals surface area contributed by atoms with E-state index in [0.29, 0.717) is 31.6 Å². The molecule has 0 spiro atoms. The van der Waals surface area contributed by atoms with Gasteiger partial charge in [0.15, 0.2) is 0 Å². The molecule has 1 fully saturated rings. The Kier molecular flexibility index (Phi) is 7.33. The van der Waals surface area contributed by atoms with Crippen molar-refractivity contribution in [2.75, 3.05) is 25.0 Å². The molecule has 194 valence electrons. The molecule has 1 aliphatic rings. The maximum Gasteiger partial charge on any atom is 0.416 e. The predicted molar refractivity (Wildman–Crippen MR) is 124 cm³/mol. The highest BCUT2D eigenvalue weighted by Crippen LogP contribution is 2.36. The molecule has 2 aromatic carbocycles. The van der Waals surface area contributed by atoms with Gasteiger partial charge in [-0.05, 0) is 44.0 Å². The number of anilines is 1. The van der Waals surface area contributed by atoms with Crippen LogP contribution < -0.4 is 4.90 Å². The highest BCUT2D eigenvalue weighted by Gasteiger charge is 2.43. The second-order valence-electron chi connectivity index (χ2n) is 9.24. The van der Waals surface area contributed by atoms with Crippen LogP contribution in [0.25, 0.3) is 0 Å². The third-order valence-corrected chi connectivity index (χ3v) is 7.13. The van der Waals surface area contributed by atoms with E-state index in [1.807, 2.05) is 9.80 Å². The largest absolute Gasteiger partial charge is 0.416 e. The lowest BCUT2D eigenvalue weighted by Gasteiger charge is -2.45. The Morgan fingerprint density at radius 3 is 2.44 bits per heavy atom. The molecular weight excluding hydrogens is 481 g/mol. The fourth-order valence-electron chi connectivity index (χ4n) is 4.92. The molecule has 0 bridgehead atoms. The molecule has 1 aliphatic heterocycles. The summed E-state index contributed by atoms with van der Waals surface area (Å²) >= 11 is 0. The molecule has 4 rings (SSSR count). The Hall–Kier alpha value is -3.05. The molecule has 0 aliphatic carbocycles. The Morgan fingerprint density at radius 1 is 1.11 bits per heavy atom. The Morgan fingerprint density at radius 2 is 1.83 bits per heavy atom. The zero-order valence-electron chi connectivity index (χ0n) is 20.0. The smallest absolute Gasteiger partial charge is 0.381 e. The number of alkyl halides is 3. The van der Waals surface area contributed by atoms with Gasteiger partial charge >= 0.3 is 6.18 Å². The number of aliphatic hydroxyl groups is 1. The van der Waals surface area contributed by atoms with E-state index in [0.717, 1.165) is 24.3 Å². The zero-order chi connectivity index (χ0) is 26.1. The first kappa shape index (κ1) is 26.0. The molecule has 0 amide bonds. The Balaban J connectivity index is 1.51. The van der Waals surface area contributed by atoms with E-state index in [2.05, 4.69) is 10.1 Å². The average Bonchev–Trinajstić information content (AvgIpc) is 3.35. The number of aromatic nitrogens is 3. The van der Waals surface area contributed by atoms with Crippen LogP contribution in [0.4, 0.5) is 27.6 Å². The summed E-state index contributed by atoms with van der Waals surface area (Å²) in [6.07, 6.45) is -0.443. The van der Waals surface area contributed by atoms with E-state index in [1.54, 1.807) is 20.0 Å². The van der Waals surface area contributed by atoms with Crippen molar-refractivity contribution in [1.29, 1.82) is 0 Å². The molecule has 1 N–H and O–H groups in total. The van der Waals surface area contributed by atoms with Crippen LogP contribution in [0.15, 0.2) is 55.1 Å². The van der Waals surface area contributed by atoms with Crippen LogP contribution in [-0.4, -0.2) is 57.0 Å². The lowest BCUT2D eigenvalue weighted by Crippen LogP contribution is -2.55. The highest BCUT2D eigenvalue weighted by molar-refractivity contribution is 5.49. The maximum atomic E-state index is 14.8. The van der Waals surface area contributed by atoms with E-state index in [4.69, 9.17) is 0 Å². The van der Waals surface area contributed by atoms with Gasteiger partial charge in [0.25, 0.3) is 0 Å². The molecule has 0 unspecified atom stereocenters. The van der Waals surface area contributed by atoms with Crippen LogP contribution in [0.2, 0.25) is 0 Å². The first-order chi connectivity index (χ1) is 17.0. The third kappa shape index (κ3) is 5.36. The fraction of sp³-hybridized carbons (Fsp3) is 0.440. The number of halogens is 5. The van der Waals surface area contributed by atoms with E-state index in [-0.39, 0.29) is 18.2 Å². The minimum atomic E-state index is -4.42. The fourth-order valence-corrected chi connectivity index (χ4v) is 4.92. The van der Waals surface area contributed by atoms with Gasteiger partial charge in [-0.15, -0.1) is 0 Å². The molecule has 1 aromatic heterocycles. The van der Waals surface area contributed by atoms with Crippen LogP contribution >= 0.6 is 0 Å². The number of hydrogen-bond acceptors (Lipinski definition) is 5. The van der Waals surface area contributed by atoms with Crippen molar-refractivity contribution in [3.63, 3.8) is 0 Å². The van der Waals surface area contributed by atoms with Crippen LogP contribution in [0, 0.1) is 11.6 Å². The number of rotatable bonds is 7. The van der Waals surface area contributed by atoms with Crippen LogP contribution in [0.1, 0.15) is 30.9 Å². The molecule has 6 nitrogen and oxygen atoms in total. The lowest BCUT2D eigenvalue weighted by atomic mass is 9.84. The normalized spacial score (nSPS) is 18.1. The summed E-state index contributed by atoms with van der Waals surface area (Å²) in [6, 6.07) is 7.73. The minimum Gasteiger partial charge on any atom is -0.381 e. The Labute approximate surface area is 206 Å². The summed E-state index contributed by atoms with van der Waals surface area (Å²) in [7, 11) is 1.77. The first-order valence-electron chi connectivity index (χ1n) is 11.6. The van der Waals surface area contributed by atoms with Gasteiger partial charge in [-0.2, -0.15) is 18.3 Å². The van der Waals surface area contributed by atoms with Crippen molar-refractivity contribution >= 4 is 5.69 Å².